The lowest BCUT2D eigenvalue weighted by Crippen LogP contribution is -2.35. The van der Waals surface area contributed by atoms with Crippen LogP contribution < -0.4 is 11.2 Å². The fourth-order valence-electron chi connectivity index (χ4n) is 0.844. The van der Waals surface area contributed by atoms with Crippen LogP contribution in [0.5, 0.6) is 0 Å². The molecule has 0 heterocycles. The first kappa shape index (κ1) is 8.96. The van der Waals surface area contributed by atoms with Crippen molar-refractivity contribution in [2.45, 2.75) is 0 Å². The summed E-state index contributed by atoms with van der Waals surface area (Å²) in [4.78, 5) is 0. The normalized spacial score (nSPS) is 10.0. The summed E-state index contributed by atoms with van der Waals surface area (Å²) in [7, 11) is -2.10. The molecule has 0 atom stereocenters. The number of hydrogen-bond acceptors (Lipinski definition) is 3. The minimum atomic E-state index is -2.10. The molecular weight excluding hydrogens is 167 g/mol. The number of anilines is 1. The van der Waals surface area contributed by atoms with Gasteiger partial charge in [0, 0.05) is 11.2 Å². The van der Waals surface area contributed by atoms with Gasteiger partial charge in [0.25, 0.3) is 0 Å². The van der Waals surface area contributed by atoms with Crippen molar-refractivity contribution in [3.63, 3.8) is 0 Å². The first-order valence-electron chi connectivity index (χ1n) is 3.13. The molecule has 4 N–H and O–H groups in total. The zero-order valence-corrected chi connectivity index (χ0v) is 5.96. The third kappa shape index (κ3) is 1.39. The van der Waals surface area contributed by atoms with E-state index in [4.69, 9.17) is 15.8 Å². The van der Waals surface area contributed by atoms with Crippen LogP contribution in [0.25, 0.3) is 0 Å². The first-order chi connectivity index (χ1) is 5.54. The molecule has 0 aliphatic rings. The maximum absolute atomic E-state index is 12.7. The average Bonchev–Trinajstić information content (AvgIpc) is 1.97. The number of nitrogens with two attached hydrogens (primary N) is 1. The molecule has 0 aliphatic heterocycles. The lowest BCUT2D eigenvalue weighted by molar-refractivity contribution is 0.420. The highest BCUT2D eigenvalue weighted by molar-refractivity contribution is 6.60. The molecule has 0 aromatic heterocycles. The molecule has 0 radical (unpaired) electrons. The van der Waals surface area contributed by atoms with Crippen LogP contribution in [0.2, 0.25) is 0 Å². The van der Waals surface area contributed by atoms with Gasteiger partial charge in [-0.05, 0) is 12.1 Å². The van der Waals surface area contributed by atoms with Gasteiger partial charge in [-0.15, -0.1) is 0 Å². The van der Waals surface area contributed by atoms with Crippen LogP contribution in [0.1, 0.15) is 0 Å². The van der Waals surface area contributed by atoms with Crippen molar-refractivity contribution in [3.8, 4) is 0 Å². The molecule has 6 heteroatoms. The van der Waals surface area contributed by atoms with Gasteiger partial charge in [0.05, 0.1) is 0 Å². The first-order valence-corrected chi connectivity index (χ1v) is 3.13. The van der Waals surface area contributed by atoms with Gasteiger partial charge in [-0.1, -0.05) is 0 Å². The monoisotopic (exact) mass is 173 g/mol. The Morgan fingerprint density at radius 2 is 1.83 bits per heavy atom. The average molecular weight is 173 g/mol. The molecule has 0 saturated heterocycles. The van der Waals surface area contributed by atoms with E-state index in [-0.39, 0.29) is 5.69 Å². The van der Waals surface area contributed by atoms with Crippen molar-refractivity contribution < 1.29 is 18.8 Å². The Morgan fingerprint density at radius 1 is 1.25 bits per heavy atom. The molecular formula is C6H6BF2NO2. The third-order valence-corrected chi connectivity index (χ3v) is 1.42. The van der Waals surface area contributed by atoms with Crippen LogP contribution in [0.4, 0.5) is 14.5 Å². The Balaban J connectivity index is 3.33. The molecule has 0 unspecified atom stereocenters. The zero-order chi connectivity index (χ0) is 9.30. The maximum atomic E-state index is 12.7. The summed E-state index contributed by atoms with van der Waals surface area (Å²) in [6, 6.07) is 1.88. The lowest BCUT2D eigenvalue weighted by Gasteiger charge is -2.05. The fourth-order valence-corrected chi connectivity index (χ4v) is 0.844. The highest BCUT2D eigenvalue weighted by Gasteiger charge is 2.22. The Hall–Kier alpha value is -1.14. The van der Waals surface area contributed by atoms with Gasteiger partial charge in [-0.25, -0.2) is 8.78 Å². The van der Waals surface area contributed by atoms with Gasteiger partial charge in [-0.2, -0.15) is 0 Å². The van der Waals surface area contributed by atoms with Gasteiger partial charge in [-0.3, -0.25) is 0 Å². The van der Waals surface area contributed by atoms with Crippen molar-refractivity contribution in [1.29, 1.82) is 0 Å². The van der Waals surface area contributed by atoms with E-state index >= 15 is 0 Å². The third-order valence-electron chi connectivity index (χ3n) is 1.42. The molecule has 1 rings (SSSR count). The second-order valence-electron chi connectivity index (χ2n) is 2.24. The van der Waals surface area contributed by atoms with E-state index in [0.717, 1.165) is 12.1 Å². The molecule has 0 amide bonds. The van der Waals surface area contributed by atoms with E-state index in [2.05, 4.69) is 0 Å². The van der Waals surface area contributed by atoms with Crippen molar-refractivity contribution in [2.24, 2.45) is 0 Å². The smallest absolute Gasteiger partial charge is 0.423 e. The molecule has 64 valence electrons. The second-order valence-corrected chi connectivity index (χ2v) is 2.24. The summed E-state index contributed by atoms with van der Waals surface area (Å²) in [5.74, 6) is -2.49. The highest BCUT2D eigenvalue weighted by Crippen LogP contribution is 2.07. The van der Waals surface area contributed by atoms with E-state index in [1.165, 1.54) is 0 Å². The van der Waals surface area contributed by atoms with Crippen LogP contribution in [0.3, 0.4) is 0 Å². The molecule has 0 fully saturated rings. The van der Waals surface area contributed by atoms with E-state index < -0.39 is 24.2 Å². The molecule has 0 saturated carbocycles. The molecule has 12 heavy (non-hydrogen) atoms. The van der Waals surface area contributed by atoms with Crippen molar-refractivity contribution in [3.05, 3.63) is 23.8 Å². The van der Waals surface area contributed by atoms with Gasteiger partial charge >= 0.3 is 7.12 Å². The molecule has 1 aromatic carbocycles. The minimum Gasteiger partial charge on any atom is -0.423 e. The van der Waals surface area contributed by atoms with Gasteiger partial charge < -0.3 is 15.8 Å². The lowest BCUT2D eigenvalue weighted by atomic mass is 9.78. The zero-order valence-electron chi connectivity index (χ0n) is 5.96. The van der Waals surface area contributed by atoms with Crippen molar-refractivity contribution >= 4 is 18.3 Å². The summed E-state index contributed by atoms with van der Waals surface area (Å²) in [6.07, 6.45) is 0. The SMILES string of the molecule is Nc1ccc(F)c(F)c1B(O)O. The summed E-state index contributed by atoms with van der Waals surface area (Å²) >= 11 is 0. The molecule has 0 aliphatic carbocycles. The number of halogens is 2. The maximum Gasteiger partial charge on any atom is 0.493 e. The Morgan fingerprint density at radius 3 is 2.25 bits per heavy atom. The highest BCUT2D eigenvalue weighted by atomic mass is 19.2. The summed E-state index contributed by atoms with van der Waals surface area (Å²) in [5, 5.41) is 17.2. The van der Waals surface area contributed by atoms with Crippen LogP contribution in [-0.4, -0.2) is 17.2 Å². The Bertz CT molecular complexity index is 306. The molecule has 1 aromatic rings. The van der Waals surface area contributed by atoms with Crippen molar-refractivity contribution in [2.75, 3.05) is 5.73 Å². The van der Waals surface area contributed by atoms with E-state index in [1.54, 1.807) is 0 Å². The fraction of sp³-hybridized carbons (Fsp3) is 0. The summed E-state index contributed by atoms with van der Waals surface area (Å²) < 4.78 is 25.2. The standard InChI is InChI=1S/C6H6BF2NO2/c8-3-1-2-4(10)5(6(3)9)7(11)12/h1-2,11-12H,10H2. The number of hydrogen-bond donors (Lipinski definition) is 3. The van der Waals surface area contributed by atoms with E-state index in [1.807, 2.05) is 0 Å². The van der Waals surface area contributed by atoms with Gasteiger partial charge in [0.1, 0.15) is 0 Å². The predicted octanol–water partition coefficient (Wildman–Crippen LogP) is -0.773. The summed E-state index contributed by atoms with van der Waals surface area (Å²) in [6.45, 7) is 0. The molecule has 3 nitrogen and oxygen atoms in total. The van der Waals surface area contributed by atoms with Crippen LogP contribution in [0.15, 0.2) is 12.1 Å². The van der Waals surface area contributed by atoms with Crippen LogP contribution in [-0.2, 0) is 0 Å². The van der Waals surface area contributed by atoms with Gasteiger partial charge in [0.2, 0.25) is 0 Å². The molecule has 0 bridgehead atoms. The van der Waals surface area contributed by atoms with Gasteiger partial charge in [0.15, 0.2) is 11.6 Å². The van der Waals surface area contributed by atoms with E-state index in [0.29, 0.717) is 0 Å². The number of benzene rings is 1. The summed E-state index contributed by atoms with van der Waals surface area (Å²) in [5.41, 5.74) is 4.34. The quantitative estimate of drug-likeness (QED) is 0.385. The number of rotatable bonds is 1. The Kier molecular flexibility index (Phi) is 2.30. The molecule has 0 spiro atoms. The second kappa shape index (κ2) is 3.08. The predicted molar refractivity (Wildman–Crippen MR) is 40.6 cm³/mol. The van der Waals surface area contributed by atoms with Crippen LogP contribution >= 0.6 is 0 Å². The van der Waals surface area contributed by atoms with Crippen LogP contribution in [0, 0.1) is 11.6 Å². The number of nitrogen functional groups attached to an aromatic ring is 1. The van der Waals surface area contributed by atoms with E-state index in [9.17, 15) is 8.78 Å². The van der Waals surface area contributed by atoms with Crippen molar-refractivity contribution in [1.82, 2.24) is 0 Å². The topological polar surface area (TPSA) is 66.5 Å². The minimum absolute atomic E-state index is 0.191. The Labute approximate surface area is 67.6 Å². The largest absolute Gasteiger partial charge is 0.493 e.